The Bertz CT molecular complexity index is 2310. The average molecular weight is 770 g/mol. The number of rotatable bonds is 8. The molecule has 8 rings (SSSR count). The molecule has 2 aromatic heterocycles. The van der Waals surface area contributed by atoms with E-state index in [1.165, 1.54) is 25.3 Å². The van der Waals surface area contributed by atoms with Gasteiger partial charge in [-0.1, -0.05) is 12.0 Å². The van der Waals surface area contributed by atoms with Crippen molar-refractivity contribution >= 4 is 33.6 Å². The lowest BCUT2D eigenvalue weighted by Crippen LogP contribution is -2.57. The molecule has 12 nitrogen and oxygen atoms in total. The second kappa shape index (κ2) is 14.3. The van der Waals surface area contributed by atoms with Crippen molar-refractivity contribution in [1.82, 2.24) is 24.8 Å². The van der Waals surface area contributed by atoms with Crippen molar-refractivity contribution in [2.24, 2.45) is 0 Å². The van der Waals surface area contributed by atoms with Crippen molar-refractivity contribution < 1.29 is 36.9 Å². The smallest absolute Gasteiger partial charge is 0.410 e. The molecule has 1 amide bonds. The normalized spacial score (nSPS) is 23.3. The summed E-state index contributed by atoms with van der Waals surface area (Å²) in [6.07, 6.45) is 7.72. The van der Waals surface area contributed by atoms with E-state index in [0.29, 0.717) is 44.3 Å². The van der Waals surface area contributed by atoms with Crippen LogP contribution in [-0.4, -0.2) is 107 Å². The lowest BCUT2D eigenvalue weighted by molar-refractivity contribution is 0.0122. The highest BCUT2D eigenvalue weighted by Crippen LogP contribution is 2.43. The van der Waals surface area contributed by atoms with Crippen LogP contribution in [0, 0.1) is 35.3 Å². The zero-order chi connectivity index (χ0) is 39.5. The number of hydrogen-bond acceptors (Lipinski definition) is 11. The SMILES string of the molecule is C#Cc1c(F)ccc2cc(OCOC)cc(-c3nc(C#N)c4c(N5C[C@H]6CC[C@@H](C5)N6C(=O)OC(C)(C)C)nc(OC[C@@]56CCCN5C[C@H](F)C6)nc4c3F)c12. The number of benzene rings is 2. The van der Waals surface area contributed by atoms with Gasteiger partial charge in [-0.3, -0.25) is 9.80 Å². The van der Waals surface area contributed by atoms with Gasteiger partial charge in [0, 0.05) is 44.1 Å². The van der Waals surface area contributed by atoms with Gasteiger partial charge in [0.15, 0.2) is 18.3 Å². The maximum absolute atomic E-state index is 17.5. The number of aromatic nitrogens is 3. The number of piperazine rings is 1. The average Bonchev–Trinajstić information content (AvgIpc) is 3.78. The van der Waals surface area contributed by atoms with Gasteiger partial charge in [-0.25, -0.2) is 22.9 Å². The van der Waals surface area contributed by atoms with E-state index in [-0.39, 0.29) is 81.9 Å². The van der Waals surface area contributed by atoms with E-state index in [0.717, 1.165) is 19.4 Å². The summed E-state index contributed by atoms with van der Waals surface area (Å²) in [5.74, 6) is 1.24. The van der Waals surface area contributed by atoms with E-state index in [9.17, 15) is 14.4 Å². The predicted octanol–water partition coefficient (Wildman–Crippen LogP) is 6.50. The maximum Gasteiger partial charge on any atom is 0.410 e. The van der Waals surface area contributed by atoms with Crippen molar-refractivity contribution in [2.45, 2.75) is 82.3 Å². The first-order valence-corrected chi connectivity index (χ1v) is 18.8. The standard InChI is InChI=1S/C41H42F3N7O5/c1-6-28-30(43)11-8-23-14-27(55-22-53-5)15-29(32(23)28)35-34(44)36-33(31(17-45)46-35)37(48-38(47-36)54-21-41-12-7-13-50(41)18-24(42)16-41)49-19-25-9-10-26(20-49)51(25)39(52)56-40(2,3)4/h1,8,11,14-15,24-26H,7,9-10,12-13,16,18-22H2,2-5H3/t24-,25-,26+,41+/m1/s1. The largest absolute Gasteiger partial charge is 0.468 e. The van der Waals surface area contributed by atoms with Crippen molar-refractivity contribution in [2.75, 3.05) is 51.6 Å². The molecule has 0 aliphatic carbocycles. The number of halogens is 3. The minimum Gasteiger partial charge on any atom is -0.468 e. The van der Waals surface area contributed by atoms with E-state index in [4.69, 9.17) is 30.4 Å². The lowest BCUT2D eigenvalue weighted by Gasteiger charge is -2.42. The number of anilines is 1. The summed E-state index contributed by atoms with van der Waals surface area (Å²) in [5.41, 5.74) is -2.04. The van der Waals surface area contributed by atoms with Gasteiger partial charge in [0.1, 0.15) is 53.0 Å². The summed E-state index contributed by atoms with van der Waals surface area (Å²) in [7, 11) is 1.45. The molecular formula is C41H42F3N7O5. The molecule has 0 unspecified atom stereocenters. The van der Waals surface area contributed by atoms with E-state index in [2.05, 4.69) is 26.9 Å². The molecule has 15 heteroatoms. The summed E-state index contributed by atoms with van der Waals surface area (Å²) in [4.78, 5) is 33.0. The first-order valence-electron chi connectivity index (χ1n) is 18.8. The molecule has 4 aliphatic rings. The third kappa shape index (κ3) is 6.56. The minimum atomic E-state index is -0.996. The van der Waals surface area contributed by atoms with E-state index in [1.807, 2.05) is 25.7 Å². The number of pyridine rings is 1. The number of amides is 1. The van der Waals surface area contributed by atoms with E-state index < -0.39 is 35.0 Å². The molecule has 0 saturated carbocycles. The molecule has 4 fully saturated rings. The molecule has 292 valence electrons. The molecule has 2 aromatic carbocycles. The van der Waals surface area contributed by atoms with Crippen molar-refractivity contribution in [3.63, 3.8) is 0 Å². The molecule has 0 spiro atoms. The van der Waals surface area contributed by atoms with Crippen molar-refractivity contribution in [3.05, 3.63) is 47.2 Å². The fourth-order valence-electron chi connectivity index (χ4n) is 8.98. The van der Waals surface area contributed by atoms with Crippen LogP contribution in [0.4, 0.5) is 23.8 Å². The van der Waals surface area contributed by atoms with Gasteiger partial charge < -0.3 is 23.8 Å². The summed E-state index contributed by atoms with van der Waals surface area (Å²) in [6.45, 7) is 7.07. The van der Waals surface area contributed by atoms with Gasteiger partial charge in [0.05, 0.1) is 28.6 Å². The Hall–Kier alpha value is -5.38. The number of carbonyl (C=O) groups is 1. The van der Waals surface area contributed by atoms with Crippen LogP contribution in [0.5, 0.6) is 11.8 Å². The number of alkyl halides is 1. The molecule has 56 heavy (non-hydrogen) atoms. The van der Waals surface area contributed by atoms with Crippen LogP contribution in [0.3, 0.4) is 0 Å². The third-order valence-corrected chi connectivity index (χ3v) is 11.3. The molecule has 0 N–H and O–H groups in total. The van der Waals surface area contributed by atoms with Gasteiger partial charge >= 0.3 is 12.1 Å². The number of hydrogen-bond donors (Lipinski definition) is 0. The predicted molar refractivity (Wildman–Crippen MR) is 201 cm³/mol. The fourth-order valence-corrected chi connectivity index (χ4v) is 8.98. The molecule has 4 aliphatic heterocycles. The Balaban J connectivity index is 1.29. The third-order valence-electron chi connectivity index (χ3n) is 11.3. The van der Waals surface area contributed by atoms with Crippen LogP contribution in [-0.2, 0) is 9.47 Å². The molecule has 4 aromatic rings. The Kier molecular flexibility index (Phi) is 9.58. The van der Waals surface area contributed by atoms with Crippen molar-refractivity contribution in [3.8, 4) is 41.4 Å². The quantitative estimate of drug-likeness (QED) is 0.144. The molecule has 0 radical (unpaired) electrons. The van der Waals surface area contributed by atoms with Gasteiger partial charge in [0.2, 0.25) is 0 Å². The number of ether oxygens (including phenoxy) is 4. The zero-order valence-corrected chi connectivity index (χ0v) is 31.7. The van der Waals surface area contributed by atoms with E-state index in [1.54, 1.807) is 11.0 Å². The lowest BCUT2D eigenvalue weighted by atomic mass is 9.95. The summed E-state index contributed by atoms with van der Waals surface area (Å²) in [5, 5.41) is 11.3. The summed E-state index contributed by atoms with van der Waals surface area (Å²) >= 11 is 0. The Morgan fingerprint density at radius 3 is 2.54 bits per heavy atom. The van der Waals surface area contributed by atoms with E-state index >= 15 is 8.78 Å². The van der Waals surface area contributed by atoms with Crippen LogP contribution in [0.25, 0.3) is 32.9 Å². The summed E-state index contributed by atoms with van der Waals surface area (Å²) < 4.78 is 70.3. The van der Waals surface area contributed by atoms with Crippen LogP contribution < -0.4 is 14.4 Å². The number of terminal acetylenes is 1. The van der Waals surface area contributed by atoms with Gasteiger partial charge in [-0.2, -0.15) is 15.2 Å². The van der Waals surface area contributed by atoms with Gasteiger partial charge in [-0.15, -0.1) is 6.42 Å². The van der Waals surface area contributed by atoms with Crippen LogP contribution in [0.1, 0.15) is 64.1 Å². The van der Waals surface area contributed by atoms with Crippen LogP contribution in [0.2, 0.25) is 0 Å². The maximum atomic E-state index is 17.5. The number of carbonyl (C=O) groups excluding carboxylic acids is 1. The van der Waals surface area contributed by atoms with Crippen LogP contribution in [0.15, 0.2) is 24.3 Å². The minimum absolute atomic E-state index is 0.0519. The number of methoxy groups -OCH3 is 1. The topological polar surface area (TPSA) is 126 Å². The first-order chi connectivity index (χ1) is 26.8. The molecule has 6 heterocycles. The van der Waals surface area contributed by atoms with Gasteiger partial charge in [0.25, 0.3) is 0 Å². The Morgan fingerprint density at radius 1 is 1.07 bits per heavy atom. The zero-order valence-electron chi connectivity index (χ0n) is 31.7. The molecule has 4 saturated heterocycles. The Labute approximate surface area is 322 Å². The first kappa shape index (κ1) is 37.5. The molecule has 2 bridgehead atoms. The number of nitrogens with zero attached hydrogens (tertiary/aromatic N) is 7. The number of fused-ring (bicyclic) bond motifs is 5. The van der Waals surface area contributed by atoms with Crippen LogP contribution >= 0.6 is 0 Å². The highest BCUT2D eigenvalue weighted by molar-refractivity contribution is 6.04. The Morgan fingerprint density at radius 2 is 1.84 bits per heavy atom. The highest BCUT2D eigenvalue weighted by Gasteiger charge is 2.50. The number of nitriles is 1. The second-order valence-electron chi connectivity index (χ2n) is 16.0. The fraction of sp³-hybridized carbons (Fsp3) is 0.488. The highest BCUT2D eigenvalue weighted by atomic mass is 19.1. The second-order valence-corrected chi connectivity index (χ2v) is 16.0. The van der Waals surface area contributed by atoms with Crippen molar-refractivity contribution in [1.29, 1.82) is 5.26 Å². The monoisotopic (exact) mass is 769 g/mol. The molecular weight excluding hydrogens is 727 g/mol. The molecule has 4 atom stereocenters. The summed E-state index contributed by atoms with van der Waals surface area (Å²) in [6, 6.07) is 7.27. The van der Waals surface area contributed by atoms with Gasteiger partial charge in [-0.05, 0) is 76.6 Å².